The van der Waals surface area contributed by atoms with Crippen LogP contribution in [0.25, 0.3) is 6.08 Å². The summed E-state index contributed by atoms with van der Waals surface area (Å²) in [5.74, 6) is -1.27. The molecular weight excluding hydrogens is 286 g/mol. The number of ether oxygens (including phenoxy) is 1. The van der Waals surface area contributed by atoms with E-state index in [1.807, 2.05) is 24.3 Å². The summed E-state index contributed by atoms with van der Waals surface area (Å²) in [6.07, 6.45) is 1.93. The Balaban J connectivity index is 2.56. The zero-order chi connectivity index (χ0) is 12.8. The lowest BCUT2D eigenvalue weighted by molar-refractivity contribution is -0.148. The molecule has 0 unspecified atom stereocenters. The van der Waals surface area contributed by atoms with Crippen molar-refractivity contribution >= 4 is 33.9 Å². The van der Waals surface area contributed by atoms with Gasteiger partial charge < -0.3 is 10.5 Å². The molecule has 2 N–H and O–H groups in total. The van der Waals surface area contributed by atoms with Gasteiger partial charge in [0.15, 0.2) is 6.10 Å². The second kappa shape index (κ2) is 6.20. The highest BCUT2D eigenvalue weighted by Crippen LogP contribution is 2.11. The second-order valence-electron chi connectivity index (χ2n) is 3.37. The Hall–Kier alpha value is -1.62. The van der Waals surface area contributed by atoms with Gasteiger partial charge in [0.05, 0.1) is 0 Å². The Labute approximate surface area is 108 Å². The van der Waals surface area contributed by atoms with Crippen LogP contribution in [-0.4, -0.2) is 18.0 Å². The van der Waals surface area contributed by atoms with E-state index in [4.69, 9.17) is 10.5 Å². The number of carbonyl (C=O) groups excluding carboxylic acids is 2. The van der Waals surface area contributed by atoms with E-state index in [-0.39, 0.29) is 0 Å². The zero-order valence-corrected chi connectivity index (χ0v) is 10.8. The van der Waals surface area contributed by atoms with Gasteiger partial charge in [0.2, 0.25) is 0 Å². The number of esters is 1. The predicted molar refractivity (Wildman–Crippen MR) is 67.9 cm³/mol. The van der Waals surface area contributed by atoms with Gasteiger partial charge >= 0.3 is 5.97 Å². The quantitative estimate of drug-likeness (QED) is 0.681. The summed E-state index contributed by atoms with van der Waals surface area (Å²) in [5, 5.41) is 0. The molecule has 0 aliphatic rings. The van der Waals surface area contributed by atoms with Crippen LogP contribution < -0.4 is 5.73 Å². The molecule has 5 heteroatoms. The molecule has 1 amide bonds. The first-order valence-electron chi connectivity index (χ1n) is 4.92. The summed E-state index contributed by atoms with van der Waals surface area (Å²) in [5.41, 5.74) is 5.82. The van der Waals surface area contributed by atoms with Crippen molar-refractivity contribution in [2.75, 3.05) is 0 Å². The maximum Gasteiger partial charge on any atom is 0.331 e. The molecule has 0 fully saturated rings. The second-order valence-corrected chi connectivity index (χ2v) is 4.28. The number of hydrogen-bond donors (Lipinski definition) is 1. The van der Waals surface area contributed by atoms with Gasteiger partial charge in [0.1, 0.15) is 0 Å². The third-order valence-electron chi connectivity index (χ3n) is 1.98. The number of carbonyl (C=O) groups is 2. The topological polar surface area (TPSA) is 69.4 Å². The van der Waals surface area contributed by atoms with Crippen LogP contribution in [0.15, 0.2) is 34.8 Å². The van der Waals surface area contributed by atoms with Crippen molar-refractivity contribution in [3.63, 3.8) is 0 Å². The minimum absolute atomic E-state index is 0.598. The van der Waals surface area contributed by atoms with E-state index < -0.39 is 18.0 Å². The molecule has 1 atom stereocenters. The Morgan fingerprint density at radius 3 is 2.47 bits per heavy atom. The fraction of sp³-hybridized carbons (Fsp3) is 0.167. The highest BCUT2D eigenvalue weighted by atomic mass is 79.9. The standard InChI is InChI=1S/C12H12BrNO3/c1-8(12(14)16)17-11(15)7-4-9-2-5-10(13)6-3-9/h2-8H,1H3,(H2,14,16)/b7-4+/t8-/m0/s1. The molecule has 0 heterocycles. The number of hydrogen-bond acceptors (Lipinski definition) is 3. The van der Waals surface area contributed by atoms with Crippen LogP contribution in [0.3, 0.4) is 0 Å². The molecule has 0 saturated heterocycles. The van der Waals surface area contributed by atoms with Gasteiger partial charge in [-0.25, -0.2) is 4.79 Å². The lowest BCUT2D eigenvalue weighted by Crippen LogP contribution is -2.29. The SMILES string of the molecule is C[C@H](OC(=O)/C=C/c1ccc(Br)cc1)C(N)=O. The van der Waals surface area contributed by atoms with Crippen LogP contribution >= 0.6 is 15.9 Å². The van der Waals surface area contributed by atoms with Crippen molar-refractivity contribution in [3.8, 4) is 0 Å². The Morgan fingerprint density at radius 2 is 1.94 bits per heavy atom. The van der Waals surface area contributed by atoms with Crippen molar-refractivity contribution in [2.24, 2.45) is 5.73 Å². The molecule has 0 spiro atoms. The molecule has 0 saturated carbocycles. The zero-order valence-electron chi connectivity index (χ0n) is 9.22. The minimum atomic E-state index is -0.919. The number of benzene rings is 1. The summed E-state index contributed by atoms with van der Waals surface area (Å²) in [4.78, 5) is 21.9. The number of primary amides is 1. The summed E-state index contributed by atoms with van der Waals surface area (Å²) in [6.45, 7) is 1.42. The Kier molecular flexibility index (Phi) is 4.90. The van der Waals surface area contributed by atoms with Crippen molar-refractivity contribution in [1.82, 2.24) is 0 Å². The molecule has 90 valence electrons. The van der Waals surface area contributed by atoms with Gasteiger partial charge in [-0.1, -0.05) is 28.1 Å². The molecule has 0 aliphatic carbocycles. The average Bonchev–Trinajstić information content (AvgIpc) is 2.28. The van der Waals surface area contributed by atoms with E-state index >= 15 is 0 Å². The molecule has 1 aromatic carbocycles. The molecule has 1 rings (SSSR count). The Morgan fingerprint density at radius 1 is 1.35 bits per heavy atom. The first kappa shape index (κ1) is 13.4. The maximum absolute atomic E-state index is 11.3. The molecule has 4 nitrogen and oxygen atoms in total. The van der Waals surface area contributed by atoms with Crippen LogP contribution in [0.4, 0.5) is 0 Å². The van der Waals surface area contributed by atoms with Crippen molar-refractivity contribution in [3.05, 3.63) is 40.4 Å². The Bertz CT molecular complexity index is 440. The van der Waals surface area contributed by atoms with E-state index in [0.29, 0.717) is 0 Å². The fourth-order valence-corrected chi connectivity index (χ4v) is 1.27. The monoisotopic (exact) mass is 297 g/mol. The first-order valence-corrected chi connectivity index (χ1v) is 5.72. The molecule has 0 bridgehead atoms. The molecule has 0 aliphatic heterocycles. The third-order valence-corrected chi connectivity index (χ3v) is 2.50. The molecule has 0 aromatic heterocycles. The van der Waals surface area contributed by atoms with Crippen molar-refractivity contribution in [1.29, 1.82) is 0 Å². The lowest BCUT2D eigenvalue weighted by atomic mass is 10.2. The van der Waals surface area contributed by atoms with Gasteiger partial charge in [-0.15, -0.1) is 0 Å². The molecular formula is C12H12BrNO3. The third kappa shape index (κ3) is 4.82. The van der Waals surface area contributed by atoms with Gasteiger partial charge in [-0.3, -0.25) is 4.79 Å². The summed E-state index contributed by atoms with van der Waals surface area (Å²) in [7, 11) is 0. The smallest absolute Gasteiger partial charge is 0.331 e. The van der Waals surface area contributed by atoms with Crippen LogP contribution in [0.2, 0.25) is 0 Å². The maximum atomic E-state index is 11.3. The van der Waals surface area contributed by atoms with Crippen LogP contribution in [0, 0.1) is 0 Å². The number of rotatable bonds is 4. The highest BCUT2D eigenvalue weighted by Gasteiger charge is 2.11. The van der Waals surface area contributed by atoms with E-state index in [2.05, 4.69) is 15.9 Å². The van der Waals surface area contributed by atoms with Crippen LogP contribution in [-0.2, 0) is 14.3 Å². The number of nitrogens with two attached hydrogens (primary N) is 1. The highest BCUT2D eigenvalue weighted by molar-refractivity contribution is 9.10. The largest absolute Gasteiger partial charge is 0.449 e. The van der Waals surface area contributed by atoms with E-state index in [1.54, 1.807) is 6.08 Å². The number of amides is 1. The summed E-state index contributed by atoms with van der Waals surface area (Å²) in [6, 6.07) is 7.39. The van der Waals surface area contributed by atoms with E-state index in [0.717, 1.165) is 10.0 Å². The minimum Gasteiger partial charge on any atom is -0.449 e. The summed E-state index contributed by atoms with van der Waals surface area (Å²) < 4.78 is 5.71. The van der Waals surface area contributed by atoms with Crippen LogP contribution in [0.5, 0.6) is 0 Å². The average molecular weight is 298 g/mol. The van der Waals surface area contributed by atoms with E-state index in [1.165, 1.54) is 13.0 Å². The lowest BCUT2D eigenvalue weighted by Gasteiger charge is -2.06. The van der Waals surface area contributed by atoms with Crippen LogP contribution in [0.1, 0.15) is 12.5 Å². The molecule has 17 heavy (non-hydrogen) atoms. The normalized spacial score (nSPS) is 12.4. The fourth-order valence-electron chi connectivity index (χ4n) is 1.01. The molecule has 1 aromatic rings. The molecule has 0 radical (unpaired) electrons. The van der Waals surface area contributed by atoms with Crippen molar-refractivity contribution < 1.29 is 14.3 Å². The van der Waals surface area contributed by atoms with Gasteiger partial charge in [-0.2, -0.15) is 0 Å². The van der Waals surface area contributed by atoms with Gasteiger partial charge in [-0.05, 0) is 30.7 Å². The van der Waals surface area contributed by atoms with Gasteiger partial charge in [0, 0.05) is 10.5 Å². The van der Waals surface area contributed by atoms with Gasteiger partial charge in [0.25, 0.3) is 5.91 Å². The van der Waals surface area contributed by atoms with Crippen molar-refractivity contribution in [2.45, 2.75) is 13.0 Å². The first-order chi connectivity index (χ1) is 7.99. The van der Waals surface area contributed by atoms with E-state index in [9.17, 15) is 9.59 Å². The summed E-state index contributed by atoms with van der Waals surface area (Å²) >= 11 is 3.31. The number of halogens is 1. The predicted octanol–water partition coefficient (Wildman–Crippen LogP) is 1.88.